The number of halogens is 1. The van der Waals surface area contributed by atoms with E-state index in [1.165, 1.54) is 0 Å². The van der Waals surface area contributed by atoms with E-state index in [4.69, 9.17) is 16.3 Å². The standard InChI is InChI=1S/C21H16ClN3O3/c22-12-4-3-7-15-18(12)21(19(27)23-13-5-1-2-6-14(13)24-21)16-8-10-20(28-16)11-9-17(26)25(15)20/h1-8,10,16,24H,9,11H2,(H,23,27). The molecule has 7 heteroatoms. The van der Waals surface area contributed by atoms with E-state index in [9.17, 15) is 9.59 Å². The molecule has 3 unspecified atom stereocenters. The molecule has 0 aliphatic carbocycles. The predicted octanol–water partition coefficient (Wildman–Crippen LogP) is 3.39. The second-order valence-electron chi connectivity index (χ2n) is 7.54. The molecule has 4 heterocycles. The number of benzene rings is 2. The summed E-state index contributed by atoms with van der Waals surface area (Å²) in [6.45, 7) is 0. The fraction of sp³-hybridized carbons (Fsp3) is 0.238. The van der Waals surface area contributed by atoms with E-state index in [1.54, 1.807) is 17.0 Å². The summed E-state index contributed by atoms with van der Waals surface area (Å²) in [6, 6.07) is 12.9. The second-order valence-corrected chi connectivity index (χ2v) is 7.95. The predicted molar refractivity (Wildman–Crippen MR) is 105 cm³/mol. The molecule has 3 atom stereocenters. The van der Waals surface area contributed by atoms with Crippen LogP contribution in [0.1, 0.15) is 18.4 Å². The Kier molecular flexibility index (Phi) is 2.97. The summed E-state index contributed by atoms with van der Waals surface area (Å²) in [4.78, 5) is 28.0. The van der Waals surface area contributed by atoms with E-state index < -0.39 is 17.4 Å². The lowest BCUT2D eigenvalue weighted by molar-refractivity contribution is -0.127. The fourth-order valence-electron chi connectivity index (χ4n) is 4.90. The zero-order valence-electron chi connectivity index (χ0n) is 14.7. The SMILES string of the molecule is O=C1CCC23C=CC(O2)C2(Nc4ccccc4NC2=O)c2c(Cl)cccc2N13. The first-order chi connectivity index (χ1) is 13.6. The van der Waals surface area contributed by atoms with Crippen molar-refractivity contribution < 1.29 is 14.3 Å². The number of carbonyl (C=O) groups is 2. The quantitative estimate of drug-likeness (QED) is 0.673. The largest absolute Gasteiger partial charge is 0.363 e. The van der Waals surface area contributed by atoms with E-state index in [0.717, 1.165) is 5.69 Å². The van der Waals surface area contributed by atoms with Crippen LogP contribution in [0.2, 0.25) is 5.02 Å². The van der Waals surface area contributed by atoms with E-state index in [-0.39, 0.29) is 11.8 Å². The van der Waals surface area contributed by atoms with Crippen LogP contribution in [-0.4, -0.2) is 23.6 Å². The molecule has 0 saturated carbocycles. The topological polar surface area (TPSA) is 70.7 Å². The molecular weight excluding hydrogens is 378 g/mol. The third-order valence-corrected chi connectivity index (χ3v) is 6.42. The highest BCUT2D eigenvalue weighted by Gasteiger charge is 2.62. The minimum Gasteiger partial charge on any atom is -0.363 e. The monoisotopic (exact) mass is 393 g/mol. The Balaban J connectivity index is 1.68. The van der Waals surface area contributed by atoms with Gasteiger partial charge < -0.3 is 15.4 Å². The average molecular weight is 394 g/mol. The Labute approximate surface area is 166 Å². The highest BCUT2D eigenvalue weighted by atomic mass is 35.5. The smallest absolute Gasteiger partial charge is 0.258 e. The number of amides is 2. The Hall–Kier alpha value is -2.83. The molecule has 2 bridgehead atoms. The van der Waals surface area contributed by atoms with Gasteiger partial charge in [-0.25, -0.2) is 0 Å². The molecule has 0 radical (unpaired) electrons. The van der Waals surface area contributed by atoms with Crippen molar-refractivity contribution in [3.63, 3.8) is 0 Å². The van der Waals surface area contributed by atoms with Gasteiger partial charge in [-0.15, -0.1) is 0 Å². The van der Waals surface area contributed by atoms with E-state index >= 15 is 0 Å². The number of fused-ring (bicyclic) bond motifs is 6. The molecule has 4 aliphatic rings. The molecule has 2 aromatic carbocycles. The van der Waals surface area contributed by atoms with Crippen LogP contribution in [0.3, 0.4) is 0 Å². The second kappa shape index (κ2) is 5.16. The lowest BCUT2D eigenvalue weighted by atomic mass is 9.79. The molecule has 28 heavy (non-hydrogen) atoms. The van der Waals surface area contributed by atoms with Gasteiger partial charge in [0.2, 0.25) is 5.91 Å². The van der Waals surface area contributed by atoms with Gasteiger partial charge in [0.25, 0.3) is 5.91 Å². The molecule has 2 aromatic rings. The van der Waals surface area contributed by atoms with Crippen LogP contribution in [0.5, 0.6) is 0 Å². The molecular formula is C21H16ClN3O3. The number of carbonyl (C=O) groups excluding carboxylic acids is 2. The molecule has 1 saturated heterocycles. The lowest BCUT2D eigenvalue weighted by Gasteiger charge is -2.42. The molecule has 0 aromatic heterocycles. The summed E-state index contributed by atoms with van der Waals surface area (Å²) < 4.78 is 6.43. The highest BCUT2D eigenvalue weighted by Crippen LogP contribution is 2.55. The fourth-order valence-corrected chi connectivity index (χ4v) is 5.22. The number of hydrogen-bond acceptors (Lipinski definition) is 4. The molecule has 2 N–H and O–H groups in total. The molecule has 6 nitrogen and oxygen atoms in total. The Morgan fingerprint density at radius 2 is 1.93 bits per heavy atom. The van der Waals surface area contributed by atoms with Gasteiger partial charge in [-0.05, 0) is 30.3 Å². The van der Waals surface area contributed by atoms with Crippen molar-refractivity contribution in [2.45, 2.75) is 30.2 Å². The van der Waals surface area contributed by atoms with Crippen LogP contribution >= 0.6 is 11.6 Å². The normalized spacial score (nSPS) is 31.8. The van der Waals surface area contributed by atoms with Crippen molar-refractivity contribution in [2.75, 3.05) is 15.5 Å². The van der Waals surface area contributed by atoms with Crippen molar-refractivity contribution in [1.82, 2.24) is 0 Å². The molecule has 2 spiro atoms. The molecule has 6 rings (SSSR count). The van der Waals surface area contributed by atoms with Crippen molar-refractivity contribution in [3.8, 4) is 0 Å². The summed E-state index contributed by atoms with van der Waals surface area (Å²) in [6.07, 6.45) is 4.09. The molecule has 140 valence electrons. The Bertz CT molecular complexity index is 1100. The number of hydrogen-bond donors (Lipinski definition) is 2. The van der Waals surface area contributed by atoms with Gasteiger partial charge in [0, 0.05) is 23.4 Å². The van der Waals surface area contributed by atoms with Gasteiger partial charge in [-0.2, -0.15) is 0 Å². The number of nitrogens with one attached hydrogen (secondary N) is 2. The first-order valence-electron chi connectivity index (χ1n) is 9.23. The summed E-state index contributed by atoms with van der Waals surface area (Å²) in [5.41, 5.74) is 0.499. The van der Waals surface area contributed by atoms with Gasteiger partial charge in [0.1, 0.15) is 6.10 Å². The van der Waals surface area contributed by atoms with E-state index in [0.29, 0.717) is 34.8 Å². The Morgan fingerprint density at radius 1 is 1.11 bits per heavy atom. The van der Waals surface area contributed by atoms with Crippen LogP contribution in [0.25, 0.3) is 0 Å². The Morgan fingerprint density at radius 3 is 2.79 bits per heavy atom. The first-order valence-corrected chi connectivity index (χ1v) is 9.61. The number of para-hydroxylation sites is 2. The first kappa shape index (κ1) is 16.2. The van der Waals surface area contributed by atoms with E-state index in [2.05, 4.69) is 10.6 Å². The summed E-state index contributed by atoms with van der Waals surface area (Å²) in [5.74, 6) is -0.302. The van der Waals surface area contributed by atoms with Crippen LogP contribution in [0.4, 0.5) is 17.1 Å². The summed E-state index contributed by atoms with van der Waals surface area (Å²) >= 11 is 6.67. The third kappa shape index (κ3) is 1.77. The van der Waals surface area contributed by atoms with Gasteiger partial charge in [0.05, 0.1) is 17.1 Å². The van der Waals surface area contributed by atoms with Gasteiger partial charge >= 0.3 is 0 Å². The summed E-state index contributed by atoms with van der Waals surface area (Å²) in [7, 11) is 0. The maximum Gasteiger partial charge on any atom is 0.258 e. The summed E-state index contributed by atoms with van der Waals surface area (Å²) in [5, 5.41) is 6.83. The van der Waals surface area contributed by atoms with Crippen LogP contribution in [-0.2, 0) is 19.9 Å². The van der Waals surface area contributed by atoms with E-state index in [1.807, 2.05) is 42.5 Å². The van der Waals surface area contributed by atoms with Gasteiger partial charge in [-0.3, -0.25) is 14.5 Å². The molecule has 1 fully saturated rings. The van der Waals surface area contributed by atoms with Crippen molar-refractivity contribution in [2.24, 2.45) is 0 Å². The van der Waals surface area contributed by atoms with Crippen LogP contribution in [0, 0.1) is 0 Å². The highest BCUT2D eigenvalue weighted by molar-refractivity contribution is 6.33. The number of rotatable bonds is 0. The molecule has 4 aliphatic heterocycles. The van der Waals surface area contributed by atoms with Crippen molar-refractivity contribution in [1.29, 1.82) is 0 Å². The zero-order valence-corrected chi connectivity index (χ0v) is 15.5. The minimum atomic E-state index is -1.29. The average Bonchev–Trinajstić information content (AvgIpc) is 3.22. The lowest BCUT2D eigenvalue weighted by Crippen LogP contribution is -2.57. The van der Waals surface area contributed by atoms with Crippen molar-refractivity contribution in [3.05, 3.63) is 65.2 Å². The van der Waals surface area contributed by atoms with Gasteiger partial charge in [0.15, 0.2) is 11.3 Å². The maximum absolute atomic E-state index is 13.5. The minimum absolute atomic E-state index is 0.0394. The van der Waals surface area contributed by atoms with Gasteiger partial charge in [-0.1, -0.05) is 35.9 Å². The zero-order chi connectivity index (χ0) is 19.1. The van der Waals surface area contributed by atoms with Crippen LogP contribution < -0.4 is 15.5 Å². The van der Waals surface area contributed by atoms with Crippen LogP contribution in [0.15, 0.2) is 54.6 Å². The number of nitrogens with zero attached hydrogens (tertiary/aromatic N) is 1. The maximum atomic E-state index is 13.5. The number of anilines is 3. The third-order valence-electron chi connectivity index (χ3n) is 6.11. The molecule has 2 amide bonds. The number of ether oxygens (including phenoxy) is 1. The van der Waals surface area contributed by atoms with Crippen molar-refractivity contribution >= 4 is 40.5 Å².